The summed E-state index contributed by atoms with van der Waals surface area (Å²) < 4.78 is 0. The molecular formula is C27H33N3O2S. The third kappa shape index (κ3) is 6.27. The van der Waals surface area contributed by atoms with Crippen molar-refractivity contribution in [3.05, 3.63) is 64.6 Å². The Morgan fingerprint density at radius 3 is 2.76 bits per heavy atom. The number of nitrogens with zero attached hydrogens (tertiary/aromatic N) is 2. The summed E-state index contributed by atoms with van der Waals surface area (Å²) in [5, 5.41) is 3.02. The molecular weight excluding hydrogens is 430 g/mol. The molecule has 33 heavy (non-hydrogen) atoms. The number of fused-ring (bicyclic) bond motifs is 1. The van der Waals surface area contributed by atoms with E-state index in [0.717, 1.165) is 48.1 Å². The van der Waals surface area contributed by atoms with Crippen LogP contribution in [0.4, 0.5) is 5.69 Å². The molecule has 5 nitrogen and oxygen atoms in total. The molecule has 0 spiro atoms. The summed E-state index contributed by atoms with van der Waals surface area (Å²) in [7, 11) is 0. The normalized spacial score (nSPS) is 20.1. The van der Waals surface area contributed by atoms with Crippen molar-refractivity contribution in [2.24, 2.45) is 5.92 Å². The van der Waals surface area contributed by atoms with Crippen molar-refractivity contribution in [1.82, 2.24) is 10.2 Å². The largest absolute Gasteiger partial charge is 0.355 e. The Bertz CT molecular complexity index is 1020. The zero-order valence-electron chi connectivity index (χ0n) is 19.5. The Balaban J connectivity index is 1.38. The van der Waals surface area contributed by atoms with Gasteiger partial charge in [-0.3, -0.25) is 14.5 Å². The highest BCUT2D eigenvalue weighted by Gasteiger charge is 2.30. The van der Waals surface area contributed by atoms with Crippen molar-refractivity contribution in [2.45, 2.75) is 38.0 Å². The summed E-state index contributed by atoms with van der Waals surface area (Å²) in [5.41, 5.74) is 2.96. The van der Waals surface area contributed by atoms with E-state index in [1.807, 2.05) is 61.5 Å². The van der Waals surface area contributed by atoms with Gasteiger partial charge in [0.05, 0.1) is 10.6 Å². The number of anilines is 1. The second kappa shape index (κ2) is 11.0. The smallest absolute Gasteiger partial charge is 0.265 e. The topological polar surface area (TPSA) is 52.7 Å². The second-order valence-electron chi connectivity index (χ2n) is 9.13. The molecule has 1 N–H and O–H groups in total. The van der Waals surface area contributed by atoms with Crippen LogP contribution in [0.5, 0.6) is 0 Å². The number of benzene rings is 2. The molecule has 2 amide bonds. The number of nitrogens with one attached hydrogen (secondary N) is 1. The number of carbonyl (C=O) groups is 2. The molecule has 6 heteroatoms. The Kier molecular flexibility index (Phi) is 7.89. The Labute approximate surface area is 201 Å². The Morgan fingerprint density at radius 2 is 1.97 bits per heavy atom. The van der Waals surface area contributed by atoms with Crippen LogP contribution in [0.1, 0.15) is 37.3 Å². The predicted octanol–water partition coefficient (Wildman–Crippen LogP) is 4.71. The first-order valence-electron chi connectivity index (χ1n) is 11.9. The fourth-order valence-electron chi connectivity index (χ4n) is 4.45. The number of aryl methyl sites for hydroxylation is 1. The lowest BCUT2D eigenvalue weighted by atomic mass is 10.0. The molecule has 1 fully saturated rings. The molecule has 1 saturated heterocycles. The van der Waals surface area contributed by atoms with Gasteiger partial charge in [-0.05, 0) is 69.0 Å². The minimum atomic E-state index is -0.128. The summed E-state index contributed by atoms with van der Waals surface area (Å²) in [6.07, 6.45) is 5.42. The van der Waals surface area contributed by atoms with Gasteiger partial charge in [-0.2, -0.15) is 0 Å². The van der Waals surface area contributed by atoms with Gasteiger partial charge < -0.3 is 10.2 Å². The molecule has 4 rings (SSSR count). The fourth-order valence-corrected chi connectivity index (χ4v) is 5.51. The van der Waals surface area contributed by atoms with E-state index in [1.54, 1.807) is 4.90 Å². The minimum absolute atomic E-state index is 0.0302. The van der Waals surface area contributed by atoms with Crippen molar-refractivity contribution in [3.63, 3.8) is 0 Å². The van der Waals surface area contributed by atoms with Crippen LogP contribution in [0.2, 0.25) is 0 Å². The van der Waals surface area contributed by atoms with Crippen LogP contribution in [0.25, 0.3) is 6.08 Å². The molecule has 2 aromatic carbocycles. The van der Waals surface area contributed by atoms with Crippen LogP contribution in [-0.4, -0.2) is 49.4 Å². The highest BCUT2D eigenvalue weighted by molar-refractivity contribution is 8.04. The van der Waals surface area contributed by atoms with Crippen molar-refractivity contribution in [3.8, 4) is 0 Å². The molecule has 2 aliphatic rings. The SMILES string of the molecule is Cc1ccc(/C=C2/Sc3ccccc3N(CC(=O)NCCCN3CCC[C@H](C)C3)C2=O)cc1. The van der Waals surface area contributed by atoms with Crippen LogP contribution in [0.15, 0.2) is 58.3 Å². The number of para-hydroxylation sites is 1. The summed E-state index contributed by atoms with van der Waals surface area (Å²) in [4.78, 5) is 31.8. The van der Waals surface area contributed by atoms with Gasteiger partial charge in [-0.15, -0.1) is 0 Å². The predicted molar refractivity (Wildman–Crippen MR) is 136 cm³/mol. The average Bonchev–Trinajstić information content (AvgIpc) is 2.81. The molecule has 0 aromatic heterocycles. The van der Waals surface area contributed by atoms with Gasteiger partial charge in [0.2, 0.25) is 5.91 Å². The molecule has 2 aliphatic heterocycles. The number of carbonyl (C=O) groups excluding carboxylic acids is 2. The second-order valence-corrected chi connectivity index (χ2v) is 10.2. The maximum atomic E-state index is 13.3. The highest BCUT2D eigenvalue weighted by atomic mass is 32.2. The quantitative estimate of drug-likeness (QED) is 0.477. The Morgan fingerprint density at radius 1 is 1.18 bits per heavy atom. The molecule has 1 atom stereocenters. The van der Waals surface area contributed by atoms with Gasteiger partial charge in [-0.25, -0.2) is 0 Å². The molecule has 2 heterocycles. The van der Waals surface area contributed by atoms with E-state index >= 15 is 0 Å². The van der Waals surface area contributed by atoms with E-state index in [1.165, 1.54) is 30.2 Å². The molecule has 0 aliphatic carbocycles. The van der Waals surface area contributed by atoms with Crippen molar-refractivity contribution >= 4 is 35.3 Å². The van der Waals surface area contributed by atoms with E-state index in [9.17, 15) is 9.59 Å². The standard InChI is InChI=1S/C27H33N3O2S/c1-20-10-12-22(13-11-20)17-25-27(32)30(23-8-3-4-9-24(23)33-25)19-26(31)28-14-6-16-29-15-5-7-21(2)18-29/h3-4,8-13,17,21H,5-7,14-16,18-19H2,1-2H3,(H,28,31)/b25-17+/t21-/m0/s1. The summed E-state index contributed by atoms with van der Waals surface area (Å²) in [6, 6.07) is 15.9. The zero-order chi connectivity index (χ0) is 23.2. The van der Waals surface area contributed by atoms with Crippen LogP contribution < -0.4 is 10.2 Å². The van der Waals surface area contributed by atoms with E-state index in [0.29, 0.717) is 11.4 Å². The molecule has 0 bridgehead atoms. The number of rotatable bonds is 7. The highest BCUT2D eigenvalue weighted by Crippen LogP contribution is 2.41. The van der Waals surface area contributed by atoms with E-state index < -0.39 is 0 Å². The maximum absolute atomic E-state index is 13.3. The van der Waals surface area contributed by atoms with Crippen LogP contribution >= 0.6 is 11.8 Å². The monoisotopic (exact) mass is 463 g/mol. The number of thioether (sulfide) groups is 1. The number of likely N-dealkylation sites (tertiary alicyclic amines) is 1. The number of piperidine rings is 1. The average molecular weight is 464 g/mol. The molecule has 0 saturated carbocycles. The van der Waals surface area contributed by atoms with Crippen molar-refractivity contribution in [2.75, 3.05) is 37.6 Å². The first-order valence-corrected chi connectivity index (χ1v) is 12.7. The maximum Gasteiger partial charge on any atom is 0.265 e. The lowest BCUT2D eigenvalue weighted by molar-refractivity contribution is -0.122. The molecule has 0 unspecified atom stereocenters. The number of hydrogen-bond donors (Lipinski definition) is 1. The van der Waals surface area contributed by atoms with Crippen molar-refractivity contribution < 1.29 is 9.59 Å². The number of hydrogen-bond acceptors (Lipinski definition) is 4. The zero-order valence-corrected chi connectivity index (χ0v) is 20.4. The third-order valence-electron chi connectivity index (χ3n) is 6.22. The third-order valence-corrected chi connectivity index (χ3v) is 7.30. The van der Waals surface area contributed by atoms with Gasteiger partial charge >= 0.3 is 0 Å². The van der Waals surface area contributed by atoms with E-state index in [4.69, 9.17) is 0 Å². The van der Waals surface area contributed by atoms with E-state index in [-0.39, 0.29) is 18.4 Å². The number of amides is 2. The van der Waals surface area contributed by atoms with E-state index in [2.05, 4.69) is 17.1 Å². The van der Waals surface area contributed by atoms with Crippen LogP contribution in [0.3, 0.4) is 0 Å². The van der Waals surface area contributed by atoms with Crippen LogP contribution in [-0.2, 0) is 9.59 Å². The van der Waals surface area contributed by atoms with Gasteiger partial charge in [-0.1, -0.05) is 60.6 Å². The first kappa shape index (κ1) is 23.6. The fraction of sp³-hybridized carbons (Fsp3) is 0.407. The Hall–Kier alpha value is -2.57. The van der Waals surface area contributed by atoms with Gasteiger partial charge in [0, 0.05) is 18.0 Å². The van der Waals surface area contributed by atoms with Gasteiger partial charge in [0.15, 0.2) is 0 Å². The van der Waals surface area contributed by atoms with Gasteiger partial charge in [0.1, 0.15) is 6.54 Å². The lowest BCUT2D eigenvalue weighted by Gasteiger charge is -2.31. The molecule has 0 radical (unpaired) electrons. The summed E-state index contributed by atoms with van der Waals surface area (Å²) in [5.74, 6) is 0.516. The molecule has 2 aromatic rings. The summed E-state index contributed by atoms with van der Waals surface area (Å²) in [6.45, 7) is 8.33. The first-order chi connectivity index (χ1) is 16.0. The minimum Gasteiger partial charge on any atom is -0.355 e. The summed E-state index contributed by atoms with van der Waals surface area (Å²) >= 11 is 1.47. The van der Waals surface area contributed by atoms with Crippen LogP contribution in [0, 0.1) is 12.8 Å². The van der Waals surface area contributed by atoms with Gasteiger partial charge in [0.25, 0.3) is 5.91 Å². The van der Waals surface area contributed by atoms with Crippen molar-refractivity contribution in [1.29, 1.82) is 0 Å². The lowest BCUT2D eigenvalue weighted by Crippen LogP contribution is -2.43. The molecule has 174 valence electrons.